The molecule has 0 unspecified atom stereocenters. The van der Waals surface area contributed by atoms with Gasteiger partial charge in [-0.2, -0.15) is 0 Å². The number of hydrogen-bond acceptors (Lipinski definition) is 2. The van der Waals surface area contributed by atoms with Crippen LogP contribution in [0.15, 0.2) is 121 Å². The van der Waals surface area contributed by atoms with Crippen LogP contribution in [0.5, 0.6) is 0 Å². The van der Waals surface area contributed by atoms with Crippen LogP contribution in [-0.4, -0.2) is 0 Å². The summed E-state index contributed by atoms with van der Waals surface area (Å²) in [7, 11) is 0. The SMILES string of the molecule is [Br-].c1ccc(C[N]([Nd+][N](Cc2ccccc2)c2ccccc2)c2ccccc2)cc1. The minimum absolute atomic E-state index is 0. The molecule has 0 N–H and O–H groups in total. The summed E-state index contributed by atoms with van der Waals surface area (Å²) in [6, 6.07) is 43.3. The van der Waals surface area contributed by atoms with Gasteiger partial charge in [-0.3, -0.25) is 0 Å². The third-order valence-corrected chi connectivity index (χ3v) is 8.96. The minimum atomic E-state index is -1.41. The second-order valence-corrected chi connectivity index (χ2v) is 11.0. The molecule has 0 aliphatic rings. The first kappa shape index (κ1) is 23.0. The van der Waals surface area contributed by atoms with E-state index in [1.807, 2.05) is 0 Å². The van der Waals surface area contributed by atoms with E-state index in [1.54, 1.807) is 0 Å². The fourth-order valence-electron chi connectivity index (χ4n) is 3.26. The third-order valence-electron chi connectivity index (χ3n) is 4.74. The molecule has 0 saturated carbocycles. The number of halogens is 1. The fourth-order valence-corrected chi connectivity index (χ4v) is 7.52. The van der Waals surface area contributed by atoms with Crippen molar-refractivity contribution in [1.29, 1.82) is 0 Å². The monoisotopic (exact) mass is 585 g/mol. The number of nitrogens with zero attached hydrogens (tertiary/aromatic N) is 2. The van der Waals surface area contributed by atoms with E-state index in [2.05, 4.69) is 123 Å². The Morgan fingerprint density at radius 3 is 1.07 bits per heavy atom. The number of anilines is 2. The van der Waals surface area contributed by atoms with E-state index in [0.29, 0.717) is 0 Å². The molecule has 0 aliphatic heterocycles. The fraction of sp³-hybridized carbons (Fsp3) is 0.0769. The predicted molar refractivity (Wildman–Crippen MR) is 118 cm³/mol. The summed E-state index contributed by atoms with van der Waals surface area (Å²) in [5, 5.41) is 0. The van der Waals surface area contributed by atoms with Gasteiger partial charge in [0.05, 0.1) is 0 Å². The van der Waals surface area contributed by atoms with Gasteiger partial charge in [0.1, 0.15) is 0 Å². The van der Waals surface area contributed by atoms with Gasteiger partial charge < -0.3 is 17.0 Å². The zero-order chi connectivity index (χ0) is 19.7. The van der Waals surface area contributed by atoms with Gasteiger partial charge in [0.25, 0.3) is 0 Å². The van der Waals surface area contributed by atoms with Crippen molar-refractivity contribution in [3.8, 4) is 0 Å². The van der Waals surface area contributed by atoms with Gasteiger partial charge in [-0.05, 0) is 0 Å². The van der Waals surface area contributed by atoms with Gasteiger partial charge >= 0.3 is 196 Å². The average Bonchev–Trinajstić information content (AvgIpc) is 2.81. The van der Waals surface area contributed by atoms with Gasteiger partial charge in [0.2, 0.25) is 0 Å². The molecule has 0 heterocycles. The molecule has 0 saturated heterocycles. The predicted octanol–water partition coefficient (Wildman–Crippen LogP) is 3.32. The quantitative estimate of drug-likeness (QED) is 0.312. The molecule has 0 bridgehead atoms. The standard InChI is InChI=1S/2C13H12N.BrH.Nd/c2*1-3-7-12(8-4-1)11-14-13-9-5-2-6-10-13;;/h2*1-10H,11H2;1H;/q2*-1;;+3/p-1. The van der Waals surface area contributed by atoms with Gasteiger partial charge in [0.15, 0.2) is 0 Å². The Bertz CT molecular complexity index is 899. The zero-order valence-electron chi connectivity index (χ0n) is 16.7. The summed E-state index contributed by atoms with van der Waals surface area (Å²) < 4.78 is 5.26. The first-order chi connectivity index (χ1) is 14.4. The molecule has 0 aromatic heterocycles. The molecule has 2 nitrogen and oxygen atoms in total. The summed E-state index contributed by atoms with van der Waals surface area (Å²) >= 11 is -1.41. The Morgan fingerprint density at radius 1 is 0.433 bits per heavy atom. The van der Waals surface area contributed by atoms with Crippen molar-refractivity contribution in [2.24, 2.45) is 0 Å². The molecule has 0 aliphatic carbocycles. The van der Waals surface area contributed by atoms with Crippen LogP contribution in [0.4, 0.5) is 11.4 Å². The van der Waals surface area contributed by atoms with E-state index in [0.717, 1.165) is 13.1 Å². The molecular weight excluding hydrogens is 564 g/mol. The van der Waals surface area contributed by atoms with Crippen molar-refractivity contribution in [3.05, 3.63) is 132 Å². The third kappa shape index (κ3) is 6.66. The normalized spacial score (nSPS) is 9.87. The van der Waals surface area contributed by atoms with Crippen LogP contribution < -0.4 is 18.9 Å². The van der Waals surface area contributed by atoms with Crippen LogP contribution in [0, 0.1) is 37.5 Å². The van der Waals surface area contributed by atoms with Crippen LogP contribution in [0.25, 0.3) is 0 Å². The summed E-state index contributed by atoms with van der Waals surface area (Å²) in [6.45, 7) is 1.90. The second-order valence-electron chi connectivity index (χ2n) is 6.91. The maximum atomic E-state index is 2.63. The molecule has 30 heavy (non-hydrogen) atoms. The molecule has 4 aromatic rings. The average molecular weight is 589 g/mol. The Labute approximate surface area is 211 Å². The molecule has 4 aromatic carbocycles. The van der Waals surface area contributed by atoms with Crippen molar-refractivity contribution in [2.75, 3.05) is 1.97 Å². The van der Waals surface area contributed by atoms with E-state index < -0.39 is 37.5 Å². The zero-order valence-corrected chi connectivity index (χ0v) is 21.5. The molecule has 4 rings (SSSR count). The molecule has 149 valence electrons. The summed E-state index contributed by atoms with van der Waals surface area (Å²) in [5.41, 5.74) is 5.34. The number of hydrogen-bond donors (Lipinski definition) is 0. The van der Waals surface area contributed by atoms with Crippen molar-refractivity contribution in [2.45, 2.75) is 13.1 Å². The van der Waals surface area contributed by atoms with Crippen LogP contribution >= 0.6 is 0 Å². The first-order valence-corrected chi connectivity index (χ1v) is 12.7. The second kappa shape index (κ2) is 12.2. The Morgan fingerprint density at radius 2 is 0.733 bits per heavy atom. The van der Waals surface area contributed by atoms with Crippen molar-refractivity contribution in [3.63, 3.8) is 0 Å². The number of para-hydroxylation sites is 2. The number of benzene rings is 4. The molecule has 0 spiro atoms. The van der Waals surface area contributed by atoms with Crippen LogP contribution in [0.3, 0.4) is 0 Å². The van der Waals surface area contributed by atoms with Crippen LogP contribution in [0.1, 0.15) is 11.1 Å². The van der Waals surface area contributed by atoms with E-state index in [-0.39, 0.29) is 17.0 Å². The Hall–Kier alpha value is -1.69. The van der Waals surface area contributed by atoms with Crippen molar-refractivity contribution in [1.82, 2.24) is 0 Å². The maximum absolute atomic E-state index is 2.63. The van der Waals surface area contributed by atoms with Crippen molar-refractivity contribution < 1.29 is 54.5 Å². The van der Waals surface area contributed by atoms with Gasteiger partial charge in [-0.15, -0.1) is 0 Å². The van der Waals surface area contributed by atoms with E-state index >= 15 is 0 Å². The molecule has 0 radical (unpaired) electrons. The molecule has 0 amide bonds. The van der Waals surface area contributed by atoms with Crippen LogP contribution in [-0.2, 0) is 13.1 Å². The van der Waals surface area contributed by atoms with E-state index in [1.165, 1.54) is 22.5 Å². The van der Waals surface area contributed by atoms with Crippen molar-refractivity contribution >= 4 is 11.4 Å². The summed E-state index contributed by atoms with van der Waals surface area (Å²) in [5.74, 6) is 0. The van der Waals surface area contributed by atoms with E-state index in [4.69, 9.17) is 0 Å². The van der Waals surface area contributed by atoms with Gasteiger partial charge in [-0.25, -0.2) is 0 Å². The summed E-state index contributed by atoms with van der Waals surface area (Å²) in [6.07, 6.45) is 0. The summed E-state index contributed by atoms with van der Waals surface area (Å²) in [4.78, 5) is 0. The van der Waals surface area contributed by atoms with Gasteiger partial charge in [0, 0.05) is 0 Å². The molecular formula is C26H24BrN2Nd. The first-order valence-electron chi connectivity index (χ1n) is 9.88. The number of rotatable bonds is 8. The molecule has 0 atom stereocenters. The molecule has 4 heteroatoms. The van der Waals surface area contributed by atoms with Gasteiger partial charge in [-0.1, -0.05) is 0 Å². The Kier molecular flexibility index (Phi) is 9.37. The Balaban J connectivity index is 0.00000256. The van der Waals surface area contributed by atoms with E-state index in [9.17, 15) is 0 Å². The molecule has 0 fully saturated rings. The van der Waals surface area contributed by atoms with Crippen LogP contribution in [0.2, 0.25) is 0 Å². The topological polar surface area (TPSA) is 6.48 Å².